The zero-order chi connectivity index (χ0) is 13.3. The van der Waals surface area contributed by atoms with E-state index in [2.05, 4.69) is 0 Å². The summed E-state index contributed by atoms with van der Waals surface area (Å²) in [5.74, 6) is -0.462. The molecular weight excluding hydrogens is 248 g/mol. The highest BCUT2D eigenvalue weighted by Crippen LogP contribution is 2.40. The molecule has 0 heterocycles. The third-order valence-electron chi connectivity index (χ3n) is 3.71. The van der Waals surface area contributed by atoms with Crippen molar-refractivity contribution in [3.05, 3.63) is 28.8 Å². The molecule has 2 rings (SSSR count). The van der Waals surface area contributed by atoms with Gasteiger partial charge in [-0.15, -0.1) is 0 Å². The van der Waals surface area contributed by atoms with Gasteiger partial charge < -0.3 is 5.11 Å². The van der Waals surface area contributed by atoms with E-state index < -0.39 is 16.8 Å². The molecule has 1 aliphatic rings. The van der Waals surface area contributed by atoms with Gasteiger partial charge in [-0.05, 0) is 42.4 Å². The van der Waals surface area contributed by atoms with Gasteiger partial charge in [-0.25, -0.2) is 4.79 Å². The quantitative estimate of drug-likeness (QED) is 0.911. The summed E-state index contributed by atoms with van der Waals surface area (Å²) in [6, 6.07) is 3.54. The summed E-state index contributed by atoms with van der Waals surface area (Å²) in [7, 11) is -1.13. The molecule has 0 bridgehead atoms. The van der Waals surface area contributed by atoms with E-state index in [1.165, 1.54) is 6.42 Å². The van der Waals surface area contributed by atoms with Gasteiger partial charge in [0.05, 0.1) is 16.4 Å². The molecule has 1 N–H and O–H groups in total. The van der Waals surface area contributed by atoms with E-state index in [4.69, 9.17) is 0 Å². The van der Waals surface area contributed by atoms with Gasteiger partial charge in [-0.3, -0.25) is 4.21 Å². The van der Waals surface area contributed by atoms with Crippen molar-refractivity contribution in [1.29, 1.82) is 0 Å². The average Bonchev–Trinajstić information content (AvgIpc) is 2.25. The Balaban J connectivity index is 2.62. The molecule has 0 aromatic heterocycles. The molecule has 98 valence electrons. The van der Waals surface area contributed by atoms with Crippen LogP contribution in [0.25, 0.3) is 0 Å². The zero-order valence-corrected chi connectivity index (χ0v) is 11.5. The molecule has 1 aliphatic carbocycles. The van der Waals surface area contributed by atoms with Crippen molar-refractivity contribution in [1.82, 2.24) is 0 Å². The maximum absolute atomic E-state index is 12.0. The zero-order valence-electron chi connectivity index (χ0n) is 10.7. The Kier molecular flexibility index (Phi) is 3.85. The molecule has 3 nitrogen and oxygen atoms in total. The molecule has 18 heavy (non-hydrogen) atoms. The lowest BCUT2D eigenvalue weighted by molar-refractivity contribution is 0.0695. The largest absolute Gasteiger partial charge is 0.478 e. The van der Waals surface area contributed by atoms with E-state index in [0.717, 1.165) is 28.9 Å². The van der Waals surface area contributed by atoms with Gasteiger partial charge in [0.15, 0.2) is 0 Å². The molecule has 4 heteroatoms. The van der Waals surface area contributed by atoms with Crippen molar-refractivity contribution in [2.75, 3.05) is 6.26 Å². The lowest BCUT2D eigenvalue weighted by atomic mass is 9.79. The van der Waals surface area contributed by atoms with Crippen molar-refractivity contribution < 1.29 is 14.1 Å². The Labute approximate surface area is 110 Å². The topological polar surface area (TPSA) is 54.4 Å². The fourth-order valence-electron chi connectivity index (χ4n) is 2.58. The fraction of sp³-hybridized carbons (Fsp3) is 0.500. The third kappa shape index (κ3) is 2.21. The average molecular weight is 266 g/mol. The maximum Gasteiger partial charge on any atom is 0.336 e. The maximum atomic E-state index is 12.0. The van der Waals surface area contributed by atoms with Gasteiger partial charge in [0.2, 0.25) is 0 Å². The number of hydrogen-bond donors (Lipinski definition) is 1. The van der Waals surface area contributed by atoms with Crippen LogP contribution in [0.4, 0.5) is 0 Å². The van der Waals surface area contributed by atoms with Crippen LogP contribution in [0.2, 0.25) is 0 Å². The SMILES string of the molecule is CCc1c(C(=O)O)ccc(C2CCC2)c1[S@](C)=O. The first kappa shape index (κ1) is 13.3. The first-order chi connectivity index (χ1) is 8.56. The molecule has 1 atom stereocenters. The van der Waals surface area contributed by atoms with Crippen LogP contribution >= 0.6 is 0 Å². The highest BCUT2D eigenvalue weighted by molar-refractivity contribution is 7.84. The lowest BCUT2D eigenvalue weighted by Crippen LogP contribution is -2.15. The van der Waals surface area contributed by atoms with Crippen molar-refractivity contribution >= 4 is 16.8 Å². The number of carboxylic acid groups (broad SMARTS) is 1. The normalized spacial score (nSPS) is 17.2. The van der Waals surface area contributed by atoms with Crippen molar-refractivity contribution in [3.63, 3.8) is 0 Å². The van der Waals surface area contributed by atoms with Crippen LogP contribution < -0.4 is 0 Å². The Hall–Kier alpha value is -1.16. The van der Waals surface area contributed by atoms with Crippen LogP contribution in [0.1, 0.15) is 53.6 Å². The molecular formula is C14H18O3S. The van der Waals surface area contributed by atoms with Crippen LogP contribution in [-0.4, -0.2) is 21.5 Å². The van der Waals surface area contributed by atoms with Crippen LogP contribution in [0, 0.1) is 0 Å². The second-order valence-electron chi connectivity index (χ2n) is 4.75. The van der Waals surface area contributed by atoms with E-state index in [1.54, 1.807) is 12.3 Å². The number of hydrogen-bond acceptors (Lipinski definition) is 2. The number of aromatic carboxylic acids is 1. The van der Waals surface area contributed by atoms with E-state index >= 15 is 0 Å². The first-order valence-electron chi connectivity index (χ1n) is 6.28. The highest BCUT2D eigenvalue weighted by Gasteiger charge is 2.26. The summed E-state index contributed by atoms with van der Waals surface area (Å²) in [6.07, 6.45) is 5.71. The van der Waals surface area contributed by atoms with Crippen molar-refractivity contribution in [3.8, 4) is 0 Å². The van der Waals surface area contributed by atoms with Gasteiger partial charge >= 0.3 is 5.97 Å². The molecule has 0 radical (unpaired) electrons. The molecule has 0 spiro atoms. The molecule has 0 unspecified atom stereocenters. The predicted octanol–water partition coefficient (Wildman–Crippen LogP) is 2.95. The summed E-state index contributed by atoms with van der Waals surface area (Å²) in [5.41, 5.74) is 2.14. The Bertz CT molecular complexity index is 504. The van der Waals surface area contributed by atoms with Crippen molar-refractivity contribution in [2.24, 2.45) is 0 Å². The number of carbonyl (C=O) groups is 1. The molecule has 0 aliphatic heterocycles. The third-order valence-corrected chi connectivity index (χ3v) is 4.76. The van der Waals surface area contributed by atoms with Crippen LogP contribution in [0.3, 0.4) is 0 Å². The molecule has 0 saturated heterocycles. The predicted molar refractivity (Wildman–Crippen MR) is 71.7 cm³/mol. The summed E-state index contributed by atoms with van der Waals surface area (Å²) in [4.78, 5) is 12.0. The van der Waals surface area contributed by atoms with Gasteiger partial charge in [0, 0.05) is 11.2 Å². The minimum absolute atomic E-state index is 0.297. The van der Waals surface area contributed by atoms with E-state index in [-0.39, 0.29) is 0 Å². The minimum Gasteiger partial charge on any atom is -0.478 e. The highest BCUT2D eigenvalue weighted by atomic mass is 32.2. The standard InChI is InChI=1S/C14H18O3S/c1-3-10-12(14(15)16)8-7-11(9-5-4-6-9)13(10)18(2)17/h7-9H,3-6H2,1-2H3,(H,15,16)/t18-/m0/s1. The van der Waals surface area contributed by atoms with Crippen molar-refractivity contribution in [2.45, 2.75) is 43.4 Å². The first-order valence-corrected chi connectivity index (χ1v) is 7.84. The number of benzene rings is 1. The van der Waals surface area contributed by atoms with Crippen LogP contribution in [-0.2, 0) is 17.2 Å². The summed E-state index contributed by atoms with van der Waals surface area (Å²) >= 11 is 0. The van der Waals surface area contributed by atoms with Crippen LogP contribution in [0.5, 0.6) is 0 Å². The van der Waals surface area contributed by atoms with Gasteiger partial charge in [0.1, 0.15) is 0 Å². The Morgan fingerprint density at radius 2 is 2.11 bits per heavy atom. The summed E-state index contributed by atoms with van der Waals surface area (Å²) in [6.45, 7) is 1.92. The minimum atomic E-state index is -1.13. The smallest absolute Gasteiger partial charge is 0.336 e. The molecule has 1 fully saturated rings. The lowest BCUT2D eigenvalue weighted by Gasteiger charge is -2.28. The second kappa shape index (κ2) is 5.22. The van der Waals surface area contributed by atoms with Gasteiger partial charge in [-0.1, -0.05) is 19.4 Å². The van der Waals surface area contributed by atoms with Crippen LogP contribution in [0.15, 0.2) is 17.0 Å². The summed E-state index contributed by atoms with van der Waals surface area (Å²) < 4.78 is 12.0. The Morgan fingerprint density at radius 3 is 2.50 bits per heavy atom. The molecule has 1 aromatic carbocycles. The molecule has 0 amide bonds. The van der Waals surface area contributed by atoms with E-state index in [0.29, 0.717) is 17.9 Å². The summed E-state index contributed by atoms with van der Waals surface area (Å²) in [5, 5.41) is 9.20. The number of carboxylic acids is 1. The fourth-order valence-corrected chi connectivity index (χ4v) is 3.75. The Morgan fingerprint density at radius 1 is 1.44 bits per heavy atom. The second-order valence-corrected chi connectivity index (χ2v) is 6.07. The van der Waals surface area contributed by atoms with E-state index in [9.17, 15) is 14.1 Å². The monoisotopic (exact) mass is 266 g/mol. The van der Waals surface area contributed by atoms with Gasteiger partial charge in [-0.2, -0.15) is 0 Å². The van der Waals surface area contributed by atoms with E-state index in [1.807, 2.05) is 13.0 Å². The van der Waals surface area contributed by atoms with Gasteiger partial charge in [0.25, 0.3) is 0 Å². The number of rotatable bonds is 4. The molecule has 1 aromatic rings. The molecule has 1 saturated carbocycles.